The van der Waals surface area contributed by atoms with Gasteiger partial charge in [0, 0.05) is 18.7 Å². The Morgan fingerprint density at radius 3 is 2.47 bits per heavy atom. The predicted molar refractivity (Wildman–Crippen MR) is 69.2 cm³/mol. The van der Waals surface area contributed by atoms with Gasteiger partial charge in [-0.15, -0.1) is 12.4 Å². The first-order chi connectivity index (χ1) is 7.75. The molecule has 0 radical (unpaired) electrons. The van der Waals surface area contributed by atoms with E-state index in [9.17, 15) is 4.79 Å². The second kappa shape index (κ2) is 7.19. The first-order valence-corrected chi connectivity index (χ1v) is 6.39. The second-order valence-corrected chi connectivity index (χ2v) is 5.03. The SMILES string of the molecule is Cl.NC1CCC(NC(=O)C2CCCOC2)CC1. The van der Waals surface area contributed by atoms with Crippen LogP contribution in [0.3, 0.4) is 0 Å². The van der Waals surface area contributed by atoms with Crippen molar-refractivity contribution >= 4 is 18.3 Å². The zero-order valence-corrected chi connectivity index (χ0v) is 11.0. The molecule has 1 amide bonds. The summed E-state index contributed by atoms with van der Waals surface area (Å²) in [4.78, 5) is 11.9. The van der Waals surface area contributed by atoms with E-state index in [1.54, 1.807) is 0 Å². The van der Waals surface area contributed by atoms with Gasteiger partial charge in [-0.05, 0) is 38.5 Å². The van der Waals surface area contributed by atoms with Crippen LogP contribution in [0.15, 0.2) is 0 Å². The van der Waals surface area contributed by atoms with Crippen molar-refractivity contribution in [1.82, 2.24) is 5.32 Å². The molecule has 0 aromatic rings. The third-order valence-electron chi connectivity index (χ3n) is 3.65. The van der Waals surface area contributed by atoms with Crippen LogP contribution in [0, 0.1) is 5.92 Å². The molecule has 17 heavy (non-hydrogen) atoms. The zero-order chi connectivity index (χ0) is 11.4. The molecule has 5 heteroatoms. The van der Waals surface area contributed by atoms with Gasteiger partial charge < -0.3 is 15.8 Å². The highest BCUT2D eigenvalue weighted by atomic mass is 35.5. The van der Waals surface area contributed by atoms with Crippen molar-refractivity contribution in [2.75, 3.05) is 13.2 Å². The van der Waals surface area contributed by atoms with Crippen LogP contribution in [0.5, 0.6) is 0 Å². The molecule has 1 heterocycles. The lowest BCUT2D eigenvalue weighted by atomic mass is 9.91. The number of rotatable bonds is 2. The fourth-order valence-electron chi connectivity index (χ4n) is 2.53. The minimum Gasteiger partial charge on any atom is -0.381 e. The van der Waals surface area contributed by atoms with Crippen molar-refractivity contribution in [2.24, 2.45) is 11.7 Å². The Hall–Kier alpha value is -0.320. The minimum atomic E-state index is 0. The summed E-state index contributed by atoms with van der Waals surface area (Å²) in [5.41, 5.74) is 5.84. The van der Waals surface area contributed by atoms with Crippen LogP contribution in [0.4, 0.5) is 0 Å². The van der Waals surface area contributed by atoms with Crippen molar-refractivity contribution in [2.45, 2.75) is 50.6 Å². The number of carbonyl (C=O) groups excluding carboxylic acids is 1. The van der Waals surface area contributed by atoms with Crippen molar-refractivity contribution in [3.05, 3.63) is 0 Å². The molecule has 2 rings (SSSR count). The van der Waals surface area contributed by atoms with Crippen LogP contribution >= 0.6 is 12.4 Å². The van der Waals surface area contributed by atoms with Gasteiger partial charge in [-0.25, -0.2) is 0 Å². The van der Waals surface area contributed by atoms with E-state index >= 15 is 0 Å². The van der Waals surface area contributed by atoms with Gasteiger partial charge in [-0.2, -0.15) is 0 Å². The molecular formula is C12H23ClN2O2. The lowest BCUT2D eigenvalue weighted by Crippen LogP contribution is -2.44. The van der Waals surface area contributed by atoms with E-state index in [0.29, 0.717) is 18.7 Å². The van der Waals surface area contributed by atoms with Crippen LogP contribution in [-0.4, -0.2) is 31.2 Å². The summed E-state index contributed by atoms with van der Waals surface area (Å²) in [7, 11) is 0. The van der Waals surface area contributed by atoms with E-state index in [2.05, 4.69) is 5.32 Å². The predicted octanol–water partition coefficient (Wildman–Crippen LogP) is 1.22. The molecule has 0 bridgehead atoms. The van der Waals surface area contributed by atoms with Crippen LogP contribution in [0.1, 0.15) is 38.5 Å². The highest BCUT2D eigenvalue weighted by molar-refractivity contribution is 5.85. The van der Waals surface area contributed by atoms with Gasteiger partial charge in [-0.1, -0.05) is 0 Å². The second-order valence-electron chi connectivity index (χ2n) is 5.03. The molecule has 1 saturated heterocycles. The molecule has 100 valence electrons. The number of nitrogens with one attached hydrogen (secondary N) is 1. The lowest BCUT2D eigenvalue weighted by Gasteiger charge is -2.29. The van der Waals surface area contributed by atoms with E-state index < -0.39 is 0 Å². The molecule has 0 aromatic heterocycles. The molecule has 4 nitrogen and oxygen atoms in total. The first-order valence-electron chi connectivity index (χ1n) is 6.39. The van der Waals surface area contributed by atoms with E-state index in [0.717, 1.165) is 45.1 Å². The normalized spacial score (nSPS) is 33.6. The summed E-state index contributed by atoms with van der Waals surface area (Å²) in [5.74, 6) is 0.254. The maximum atomic E-state index is 11.9. The molecule has 2 aliphatic rings. The summed E-state index contributed by atoms with van der Waals surface area (Å²) >= 11 is 0. The summed E-state index contributed by atoms with van der Waals surface area (Å²) < 4.78 is 5.33. The number of ether oxygens (including phenoxy) is 1. The third kappa shape index (κ3) is 4.45. The number of hydrogen-bond donors (Lipinski definition) is 2. The highest BCUT2D eigenvalue weighted by Gasteiger charge is 2.25. The van der Waals surface area contributed by atoms with Gasteiger partial charge in [-0.3, -0.25) is 4.79 Å². The number of halogens is 1. The Labute approximate surface area is 109 Å². The average molecular weight is 263 g/mol. The Morgan fingerprint density at radius 2 is 1.88 bits per heavy atom. The lowest BCUT2D eigenvalue weighted by molar-refractivity contribution is -0.129. The first kappa shape index (κ1) is 14.7. The molecular weight excluding hydrogens is 240 g/mol. The summed E-state index contributed by atoms with van der Waals surface area (Å²) in [6.45, 7) is 1.40. The molecule has 1 aliphatic carbocycles. The Bertz CT molecular complexity index is 237. The Balaban J connectivity index is 0.00000144. The van der Waals surface area contributed by atoms with Gasteiger partial charge in [0.25, 0.3) is 0 Å². The standard InChI is InChI=1S/C12H22N2O2.ClH/c13-10-3-5-11(6-4-10)14-12(15)9-2-1-7-16-8-9;/h9-11H,1-8,13H2,(H,14,15);1H. The van der Waals surface area contributed by atoms with E-state index in [-0.39, 0.29) is 24.2 Å². The van der Waals surface area contributed by atoms with Gasteiger partial charge in [0.15, 0.2) is 0 Å². The van der Waals surface area contributed by atoms with Crippen LogP contribution in [0.2, 0.25) is 0 Å². The number of carbonyl (C=O) groups is 1. The number of nitrogens with two attached hydrogens (primary N) is 1. The van der Waals surface area contributed by atoms with Gasteiger partial charge >= 0.3 is 0 Å². The van der Waals surface area contributed by atoms with Crippen molar-refractivity contribution < 1.29 is 9.53 Å². The van der Waals surface area contributed by atoms with Crippen LogP contribution in [-0.2, 0) is 9.53 Å². The Kier molecular flexibility index (Phi) is 6.23. The van der Waals surface area contributed by atoms with Gasteiger partial charge in [0.05, 0.1) is 12.5 Å². The summed E-state index contributed by atoms with van der Waals surface area (Å²) in [6.07, 6.45) is 6.10. The summed E-state index contributed by atoms with van der Waals surface area (Å²) in [5, 5.41) is 3.13. The highest BCUT2D eigenvalue weighted by Crippen LogP contribution is 2.19. The molecule has 0 spiro atoms. The van der Waals surface area contributed by atoms with Crippen molar-refractivity contribution in [3.63, 3.8) is 0 Å². The quantitative estimate of drug-likeness (QED) is 0.787. The number of hydrogen-bond acceptors (Lipinski definition) is 3. The molecule has 1 saturated carbocycles. The fourth-order valence-corrected chi connectivity index (χ4v) is 2.53. The molecule has 1 unspecified atom stereocenters. The van der Waals surface area contributed by atoms with Crippen LogP contribution < -0.4 is 11.1 Å². The summed E-state index contributed by atoms with van der Waals surface area (Å²) in [6, 6.07) is 0.681. The van der Waals surface area contributed by atoms with Gasteiger partial charge in [0.2, 0.25) is 5.91 Å². The topological polar surface area (TPSA) is 64.3 Å². The van der Waals surface area contributed by atoms with Crippen molar-refractivity contribution in [3.8, 4) is 0 Å². The zero-order valence-electron chi connectivity index (χ0n) is 10.2. The average Bonchev–Trinajstić information content (AvgIpc) is 2.33. The van der Waals surface area contributed by atoms with E-state index in [4.69, 9.17) is 10.5 Å². The molecule has 3 N–H and O–H groups in total. The monoisotopic (exact) mass is 262 g/mol. The smallest absolute Gasteiger partial charge is 0.225 e. The molecule has 1 atom stereocenters. The van der Waals surface area contributed by atoms with Gasteiger partial charge in [0.1, 0.15) is 0 Å². The van der Waals surface area contributed by atoms with Crippen LogP contribution in [0.25, 0.3) is 0 Å². The van der Waals surface area contributed by atoms with E-state index in [1.807, 2.05) is 0 Å². The largest absolute Gasteiger partial charge is 0.381 e. The Morgan fingerprint density at radius 1 is 1.18 bits per heavy atom. The minimum absolute atomic E-state index is 0. The molecule has 0 aromatic carbocycles. The maximum Gasteiger partial charge on any atom is 0.225 e. The van der Waals surface area contributed by atoms with E-state index in [1.165, 1.54) is 0 Å². The maximum absolute atomic E-state index is 11.9. The third-order valence-corrected chi connectivity index (χ3v) is 3.65. The molecule has 1 aliphatic heterocycles. The fraction of sp³-hybridized carbons (Fsp3) is 0.917. The van der Waals surface area contributed by atoms with Crippen molar-refractivity contribution in [1.29, 1.82) is 0 Å². The number of amides is 1. The molecule has 2 fully saturated rings.